The average Bonchev–Trinajstić information content (AvgIpc) is 2.19. The first-order valence-electron chi connectivity index (χ1n) is 3.83. The molecule has 0 amide bonds. The summed E-state index contributed by atoms with van der Waals surface area (Å²) >= 11 is 2.72. The number of ether oxygens (including phenoxy) is 1. The number of pyridine rings is 1. The third kappa shape index (κ3) is 2.91. The van der Waals surface area contributed by atoms with Crippen LogP contribution in [0.4, 0.5) is 17.6 Å². The highest BCUT2D eigenvalue weighted by atomic mass is 79.9. The van der Waals surface area contributed by atoms with Gasteiger partial charge in [0.05, 0.1) is 10.7 Å². The summed E-state index contributed by atoms with van der Waals surface area (Å²) in [5.41, 5.74) is -0.555. The van der Waals surface area contributed by atoms with Crippen molar-refractivity contribution in [3.8, 4) is 5.75 Å². The lowest BCUT2D eigenvalue weighted by Gasteiger charge is -2.12. The van der Waals surface area contributed by atoms with Crippen molar-refractivity contribution < 1.29 is 27.1 Å². The summed E-state index contributed by atoms with van der Waals surface area (Å²) in [5.74, 6) is -0.689. The Labute approximate surface area is 95.6 Å². The first-order chi connectivity index (χ1) is 7.39. The van der Waals surface area contributed by atoms with Crippen LogP contribution in [0.25, 0.3) is 0 Å². The van der Waals surface area contributed by atoms with Crippen molar-refractivity contribution in [2.45, 2.75) is 13.0 Å². The summed E-state index contributed by atoms with van der Waals surface area (Å²) in [6.45, 7) is -1.13. The SMILES string of the molecule is O=Cc1ncc(OC(F)(F)F)c(Br)c1CF. The highest BCUT2D eigenvalue weighted by molar-refractivity contribution is 9.10. The Morgan fingerprint density at radius 3 is 2.56 bits per heavy atom. The molecule has 8 heteroatoms. The second-order valence-electron chi connectivity index (χ2n) is 2.60. The van der Waals surface area contributed by atoms with Gasteiger partial charge in [-0.1, -0.05) is 0 Å². The Balaban J connectivity index is 3.19. The van der Waals surface area contributed by atoms with Crippen LogP contribution >= 0.6 is 15.9 Å². The van der Waals surface area contributed by atoms with Gasteiger partial charge in [-0.15, -0.1) is 13.2 Å². The predicted octanol–water partition coefficient (Wildman–Crippen LogP) is 3.02. The van der Waals surface area contributed by atoms with E-state index in [0.717, 1.165) is 0 Å². The second kappa shape index (κ2) is 4.77. The maximum Gasteiger partial charge on any atom is 0.573 e. The molecule has 0 saturated heterocycles. The third-order valence-electron chi connectivity index (χ3n) is 1.58. The first-order valence-corrected chi connectivity index (χ1v) is 4.62. The van der Waals surface area contributed by atoms with Gasteiger partial charge in [0.1, 0.15) is 12.4 Å². The maximum absolute atomic E-state index is 12.5. The van der Waals surface area contributed by atoms with Crippen LogP contribution in [0.15, 0.2) is 10.7 Å². The lowest BCUT2D eigenvalue weighted by molar-refractivity contribution is -0.275. The number of halogens is 5. The number of hydrogen-bond acceptors (Lipinski definition) is 3. The Morgan fingerprint density at radius 2 is 2.12 bits per heavy atom. The Morgan fingerprint density at radius 1 is 1.50 bits per heavy atom. The summed E-state index contributed by atoms with van der Waals surface area (Å²) in [4.78, 5) is 13.8. The quantitative estimate of drug-likeness (QED) is 0.636. The summed E-state index contributed by atoms with van der Waals surface area (Å²) < 4.78 is 51.5. The zero-order valence-corrected chi connectivity index (χ0v) is 9.10. The van der Waals surface area contributed by atoms with Gasteiger partial charge in [-0.25, -0.2) is 9.37 Å². The molecule has 0 unspecified atom stereocenters. The molecular weight excluding hydrogens is 298 g/mol. The van der Waals surface area contributed by atoms with E-state index in [4.69, 9.17) is 0 Å². The van der Waals surface area contributed by atoms with Gasteiger partial charge >= 0.3 is 6.36 Å². The predicted molar refractivity (Wildman–Crippen MR) is 48.8 cm³/mol. The fourth-order valence-corrected chi connectivity index (χ4v) is 1.44. The van der Waals surface area contributed by atoms with Crippen molar-refractivity contribution >= 4 is 22.2 Å². The number of carbonyl (C=O) groups excluding carboxylic acids is 1. The number of aromatic nitrogens is 1. The van der Waals surface area contributed by atoms with Crippen molar-refractivity contribution in [3.05, 3.63) is 21.9 Å². The van der Waals surface area contributed by atoms with Gasteiger partial charge < -0.3 is 4.74 Å². The molecule has 0 spiro atoms. The van der Waals surface area contributed by atoms with Crippen LogP contribution in [0.3, 0.4) is 0 Å². The monoisotopic (exact) mass is 301 g/mol. The topological polar surface area (TPSA) is 39.2 Å². The lowest BCUT2D eigenvalue weighted by atomic mass is 10.2. The van der Waals surface area contributed by atoms with Crippen LogP contribution < -0.4 is 4.74 Å². The highest BCUT2D eigenvalue weighted by Crippen LogP contribution is 2.33. The minimum atomic E-state index is -4.90. The van der Waals surface area contributed by atoms with Crippen LogP contribution in [0.1, 0.15) is 16.1 Å². The standard InChI is InChI=1S/C8H4BrF4NO2/c9-7-4(1-10)5(3-15)14-2-6(7)16-8(11,12)13/h2-3H,1H2. The van der Waals surface area contributed by atoms with Crippen LogP contribution in [-0.2, 0) is 6.67 Å². The molecule has 1 aromatic heterocycles. The Bertz CT molecular complexity index is 408. The summed E-state index contributed by atoms with van der Waals surface area (Å²) in [6.07, 6.45) is -3.96. The van der Waals surface area contributed by atoms with Gasteiger partial charge in [0.25, 0.3) is 0 Å². The number of carbonyl (C=O) groups is 1. The van der Waals surface area contributed by atoms with E-state index in [9.17, 15) is 22.4 Å². The van der Waals surface area contributed by atoms with E-state index in [0.29, 0.717) is 6.20 Å². The number of hydrogen-bond donors (Lipinski definition) is 0. The number of aldehydes is 1. The largest absolute Gasteiger partial charge is 0.573 e. The van der Waals surface area contributed by atoms with Gasteiger partial charge in [0.2, 0.25) is 0 Å². The molecule has 1 heterocycles. The fraction of sp³-hybridized carbons (Fsp3) is 0.250. The summed E-state index contributed by atoms with van der Waals surface area (Å²) in [6, 6.07) is 0. The zero-order valence-electron chi connectivity index (χ0n) is 7.52. The van der Waals surface area contributed by atoms with Crippen molar-refractivity contribution in [1.29, 1.82) is 0 Å². The maximum atomic E-state index is 12.5. The molecule has 1 rings (SSSR count). The molecule has 3 nitrogen and oxygen atoms in total. The van der Waals surface area contributed by atoms with E-state index < -0.39 is 18.8 Å². The van der Waals surface area contributed by atoms with Crippen LogP contribution in [0.5, 0.6) is 5.75 Å². The van der Waals surface area contributed by atoms with Crippen molar-refractivity contribution in [1.82, 2.24) is 4.98 Å². The molecule has 0 saturated carbocycles. The molecule has 0 atom stereocenters. The lowest BCUT2D eigenvalue weighted by Crippen LogP contribution is -2.18. The molecule has 0 aliphatic rings. The normalized spacial score (nSPS) is 11.3. The molecule has 0 aliphatic heterocycles. The van der Waals surface area contributed by atoms with Crippen LogP contribution in [0.2, 0.25) is 0 Å². The summed E-state index contributed by atoms with van der Waals surface area (Å²) in [7, 11) is 0. The highest BCUT2D eigenvalue weighted by Gasteiger charge is 2.32. The number of alkyl halides is 4. The molecule has 0 bridgehead atoms. The van der Waals surface area contributed by atoms with Crippen LogP contribution in [-0.4, -0.2) is 17.6 Å². The van der Waals surface area contributed by atoms with Crippen LogP contribution in [0, 0.1) is 0 Å². The molecule has 0 aromatic carbocycles. The van der Waals surface area contributed by atoms with Gasteiger partial charge in [-0.05, 0) is 15.9 Å². The molecule has 16 heavy (non-hydrogen) atoms. The number of rotatable bonds is 3. The first kappa shape index (κ1) is 12.9. The molecule has 0 N–H and O–H groups in total. The van der Waals surface area contributed by atoms with Gasteiger partial charge in [0.15, 0.2) is 12.0 Å². The molecule has 0 radical (unpaired) electrons. The van der Waals surface area contributed by atoms with Crippen molar-refractivity contribution in [2.24, 2.45) is 0 Å². The zero-order chi connectivity index (χ0) is 12.3. The van der Waals surface area contributed by atoms with Gasteiger partial charge in [0, 0.05) is 5.56 Å². The molecular formula is C8H4BrF4NO2. The smallest absolute Gasteiger partial charge is 0.403 e. The number of nitrogens with zero attached hydrogens (tertiary/aromatic N) is 1. The Hall–Kier alpha value is -1.18. The molecule has 0 aliphatic carbocycles. The minimum Gasteiger partial charge on any atom is -0.403 e. The Kier molecular flexibility index (Phi) is 3.84. The van der Waals surface area contributed by atoms with Crippen molar-refractivity contribution in [3.63, 3.8) is 0 Å². The van der Waals surface area contributed by atoms with Gasteiger partial charge in [-0.3, -0.25) is 4.79 Å². The fourth-order valence-electron chi connectivity index (χ4n) is 0.948. The van der Waals surface area contributed by atoms with Crippen molar-refractivity contribution in [2.75, 3.05) is 0 Å². The average molecular weight is 302 g/mol. The van der Waals surface area contributed by atoms with E-state index in [1.807, 2.05) is 0 Å². The molecule has 88 valence electrons. The molecule has 1 aromatic rings. The van der Waals surface area contributed by atoms with E-state index in [-0.39, 0.29) is 22.0 Å². The van der Waals surface area contributed by atoms with E-state index in [1.165, 1.54) is 0 Å². The summed E-state index contributed by atoms with van der Waals surface area (Å²) in [5, 5.41) is 0. The van der Waals surface area contributed by atoms with Gasteiger partial charge in [-0.2, -0.15) is 0 Å². The molecule has 0 fully saturated rings. The van der Waals surface area contributed by atoms with E-state index >= 15 is 0 Å². The minimum absolute atomic E-state index is 0.247. The van der Waals surface area contributed by atoms with E-state index in [2.05, 4.69) is 25.7 Å². The third-order valence-corrected chi connectivity index (χ3v) is 2.45. The second-order valence-corrected chi connectivity index (χ2v) is 3.39. The van der Waals surface area contributed by atoms with E-state index in [1.54, 1.807) is 0 Å².